The monoisotopic (exact) mass is 449 g/mol. The predicted molar refractivity (Wildman–Crippen MR) is 137 cm³/mol. The highest BCUT2D eigenvalue weighted by Gasteiger charge is 2.13. The molecule has 0 aliphatic rings. The molecule has 170 valence electrons. The van der Waals surface area contributed by atoms with Crippen LogP contribution < -0.4 is 10.1 Å². The van der Waals surface area contributed by atoms with E-state index in [1.807, 2.05) is 87.6 Å². The summed E-state index contributed by atoms with van der Waals surface area (Å²) in [6.07, 6.45) is 3.61. The predicted octanol–water partition coefficient (Wildman–Crippen LogP) is 6.19. The second-order valence-electron chi connectivity index (χ2n) is 8.40. The Morgan fingerprint density at radius 2 is 1.76 bits per heavy atom. The number of aryl methyl sites for hydroxylation is 3. The van der Waals surface area contributed by atoms with Crippen LogP contribution in [-0.4, -0.2) is 17.1 Å². The van der Waals surface area contributed by atoms with Crippen molar-refractivity contribution in [1.82, 2.24) is 4.57 Å². The summed E-state index contributed by atoms with van der Waals surface area (Å²) in [5.41, 5.74) is 5.91. The molecule has 1 N–H and O–H groups in total. The van der Waals surface area contributed by atoms with Gasteiger partial charge in [0.05, 0.1) is 6.54 Å². The van der Waals surface area contributed by atoms with Crippen LogP contribution in [0.5, 0.6) is 5.75 Å². The number of nitrogens with one attached hydrogen (secondary N) is 1. The van der Waals surface area contributed by atoms with Crippen LogP contribution in [0.3, 0.4) is 0 Å². The van der Waals surface area contributed by atoms with Crippen molar-refractivity contribution in [2.75, 3.05) is 11.9 Å². The largest absolute Gasteiger partial charge is 0.491 e. The van der Waals surface area contributed by atoms with Crippen LogP contribution in [0.1, 0.15) is 22.3 Å². The van der Waals surface area contributed by atoms with E-state index >= 15 is 0 Å². The van der Waals surface area contributed by atoms with E-state index in [9.17, 15) is 10.1 Å². The number of amides is 1. The highest BCUT2D eigenvalue weighted by Crippen LogP contribution is 2.25. The third-order valence-electron chi connectivity index (χ3n) is 5.73. The van der Waals surface area contributed by atoms with Gasteiger partial charge in [0.1, 0.15) is 24.0 Å². The molecule has 1 heterocycles. The first-order chi connectivity index (χ1) is 16.4. The summed E-state index contributed by atoms with van der Waals surface area (Å²) in [4.78, 5) is 12.7. The number of rotatable bonds is 7. The molecule has 4 rings (SSSR count). The molecule has 1 aromatic heterocycles. The van der Waals surface area contributed by atoms with E-state index in [4.69, 9.17) is 4.74 Å². The Labute approximate surface area is 199 Å². The minimum absolute atomic E-state index is 0.0510. The standard InChI is InChI=1S/C29H27N3O2/c1-20-9-12-25(13-10-20)31-29(33)23(18-30)17-24-19-32(27-7-5-4-6-26(24)27)14-15-34-28-16-21(2)8-11-22(28)3/h4-13,16-17,19H,14-15H2,1-3H3,(H,31,33)/b23-17+. The van der Waals surface area contributed by atoms with Crippen molar-refractivity contribution in [3.05, 3.63) is 101 Å². The van der Waals surface area contributed by atoms with Crippen LogP contribution in [0.25, 0.3) is 17.0 Å². The van der Waals surface area contributed by atoms with Crippen LogP contribution in [0, 0.1) is 32.1 Å². The van der Waals surface area contributed by atoms with Crippen molar-refractivity contribution in [3.8, 4) is 11.8 Å². The van der Waals surface area contributed by atoms with Crippen LogP contribution >= 0.6 is 0 Å². The first kappa shape index (κ1) is 22.9. The first-order valence-electron chi connectivity index (χ1n) is 11.2. The van der Waals surface area contributed by atoms with E-state index in [1.54, 1.807) is 6.08 Å². The van der Waals surface area contributed by atoms with Gasteiger partial charge in [-0.25, -0.2) is 0 Å². The summed E-state index contributed by atoms with van der Waals surface area (Å²) in [7, 11) is 0. The number of nitrogens with zero attached hydrogens (tertiary/aromatic N) is 2. The maximum atomic E-state index is 12.7. The fraction of sp³-hybridized carbons (Fsp3) is 0.172. The molecule has 0 fully saturated rings. The molecule has 0 spiro atoms. The molecule has 0 radical (unpaired) electrons. The average Bonchev–Trinajstić information content (AvgIpc) is 3.18. The Morgan fingerprint density at radius 3 is 2.53 bits per heavy atom. The van der Waals surface area contributed by atoms with Crippen molar-refractivity contribution >= 4 is 28.6 Å². The number of aromatic nitrogens is 1. The molecular weight excluding hydrogens is 422 g/mol. The van der Waals surface area contributed by atoms with Gasteiger partial charge in [-0.3, -0.25) is 4.79 Å². The molecule has 5 nitrogen and oxygen atoms in total. The lowest BCUT2D eigenvalue weighted by molar-refractivity contribution is -0.112. The SMILES string of the molecule is Cc1ccc(NC(=O)/C(C#N)=C/c2cn(CCOc3cc(C)ccc3C)c3ccccc23)cc1. The topological polar surface area (TPSA) is 67.0 Å². The summed E-state index contributed by atoms with van der Waals surface area (Å²) in [5.74, 6) is 0.456. The molecule has 0 saturated carbocycles. The molecule has 0 bridgehead atoms. The number of ether oxygens (including phenoxy) is 1. The zero-order chi connectivity index (χ0) is 24.1. The maximum absolute atomic E-state index is 12.7. The Morgan fingerprint density at radius 1 is 1.03 bits per heavy atom. The maximum Gasteiger partial charge on any atom is 0.266 e. The number of para-hydroxylation sites is 1. The molecule has 0 saturated heterocycles. The molecule has 3 aromatic carbocycles. The van der Waals surface area contributed by atoms with E-state index in [0.29, 0.717) is 18.8 Å². The van der Waals surface area contributed by atoms with E-state index in [2.05, 4.69) is 22.0 Å². The third-order valence-corrected chi connectivity index (χ3v) is 5.73. The lowest BCUT2D eigenvalue weighted by Gasteiger charge is -2.11. The number of benzene rings is 3. The molecule has 0 unspecified atom stereocenters. The van der Waals surface area contributed by atoms with Gasteiger partial charge in [-0.2, -0.15) is 5.26 Å². The first-order valence-corrected chi connectivity index (χ1v) is 11.2. The van der Waals surface area contributed by atoms with Crippen molar-refractivity contribution < 1.29 is 9.53 Å². The minimum Gasteiger partial charge on any atom is -0.491 e. The molecular formula is C29H27N3O2. The summed E-state index contributed by atoms with van der Waals surface area (Å²) in [6, 6.07) is 23.7. The molecule has 0 aliphatic carbocycles. The van der Waals surface area contributed by atoms with Gasteiger partial charge in [-0.15, -0.1) is 0 Å². The van der Waals surface area contributed by atoms with Crippen molar-refractivity contribution in [3.63, 3.8) is 0 Å². The number of hydrogen-bond acceptors (Lipinski definition) is 3. The van der Waals surface area contributed by atoms with Crippen LogP contribution in [0.2, 0.25) is 0 Å². The molecule has 5 heteroatoms. The average molecular weight is 450 g/mol. The minimum atomic E-state index is -0.429. The van der Waals surface area contributed by atoms with Gasteiger partial charge in [-0.05, 0) is 62.2 Å². The Kier molecular flexibility index (Phi) is 6.79. The quantitative estimate of drug-likeness (QED) is 0.270. The number of anilines is 1. The van der Waals surface area contributed by atoms with Crippen LogP contribution in [0.4, 0.5) is 5.69 Å². The molecule has 4 aromatic rings. The van der Waals surface area contributed by atoms with Gasteiger partial charge in [-0.1, -0.05) is 48.0 Å². The highest BCUT2D eigenvalue weighted by molar-refractivity contribution is 6.10. The molecule has 0 aliphatic heterocycles. The van der Waals surface area contributed by atoms with Gasteiger partial charge in [0, 0.05) is 28.4 Å². The summed E-state index contributed by atoms with van der Waals surface area (Å²) < 4.78 is 8.14. The third kappa shape index (κ3) is 5.19. The van der Waals surface area contributed by atoms with Gasteiger partial charge in [0.25, 0.3) is 5.91 Å². The summed E-state index contributed by atoms with van der Waals surface area (Å²) in [6.45, 7) is 7.21. The second kappa shape index (κ2) is 10.1. The number of carbonyl (C=O) groups excluding carboxylic acids is 1. The fourth-order valence-corrected chi connectivity index (χ4v) is 3.83. The smallest absolute Gasteiger partial charge is 0.266 e. The van der Waals surface area contributed by atoms with Gasteiger partial charge in [0.2, 0.25) is 0 Å². The van der Waals surface area contributed by atoms with Crippen LogP contribution in [-0.2, 0) is 11.3 Å². The van der Waals surface area contributed by atoms with E-state index in [-0.39, 0.29) is 5.57 Å². The Bertz CT molecular complexity index is 1410. The molecule has 0 atom stereocenters. The van der Waals surface area contributed by atoms with Crippen molar-refractivity contribution in [2.45, 2.75) is 27.3 Å². The number of carbonyl (C=O) groups is 1. The molecule has 34 heavy (non-hydrogen) atoms. The normalized spacial score (nSPS) is 11.3. The lowest BCUT2D eigenvalue weighted by Crippen LogP contribution is -2.13. The van der Waals surface area contributed by atoms with E-state index in [0.717, 1.165) is 38.9 Å². The lowest BCUT2D eigenvalue weighted by atomic mass is 10.1. The van der Waals surface area contributed by atoms with Gasteiger partial charge in [0.15, 0.2) is 0 Å². The fourth-order valence-electron chi connectivity index (χ4n) is 3.83. The Balaban J connectivity index is 1.56. The highest BCUT2D eigenvalue weighted by atomic mass is 16.5. The van der Waals surface area contributed by atoms with Crippen molar-refractivity contribution in [2.24, 2.45) is 0 Å². The van der Waals surface area contributed by atoms with E-state index < -0.39 is 5.91 Å². The number of nitriles is 1. The summed E-state index contributed by atoms with van der Waals surface area (Å²) >= 11 is 0. The molecule has 1 amide bonds. The second-order valence-corrected chi connectivity index (χ2v) is 8.40. The number of fused-ring (bicyclic) bond motifs is 1. The van der Waals surface area contributed by atoms with Crippen LogP contribution in [0.15, 0.2) is 78.5 Å². The van der Waals surface area contributed by atoms with E-state index in [1.165, 1.54) is 0 Å². The van der Waals surface area contributed by atoms with Gasteiger partial charge < -0.3 is 14.6 Å². The zero-order valence-electron chi connectivity index (χ0n) is 19.6. The summed E-state index contributed by atoms with van der Waals surface area (Å²) in [5, 5.41) is 13.4. The Hall–Kier alpha value is -4.30. The van der Waals surface area contributed by atoms with Gasteiger partial charge >= 0.3 is 0 Å². The van der Waals surface area contributed by atoms with Crippen molar-refractivity contribution in [1.29, 1.82) is 5.26 Å². The zero-order valence-corrected chi connectivity index (χ0v) is 19.6. The number of hydrogen-bond donors (Lipinski definition) is 1.